The number of hydrogen-bond acceptors (Lipinski definition) is 7. The fourth-order valence-corrected chi connectivity index (χ4v) is 7.53. The zero-order chi connectivity index (χ0) is 32.4. The second-order valence-corrected chi connectivity index (χ2v) is 13.5. The van der Waals surface area contributed by atoms with Gasteiger partial charge in [-0.15, -0.1) is 11.3 Å². The van der Waals surface area contributed by atoms with Crippen LogP contribution >= 0.6 is 11.3 Å². The van der Waals surface area contributed by atoms with Gasteiger partial charge >= 0.3 is 0 Å². The number of fused-ring (bicyclic) bond motifs is 1. The number of benzene rings is 2. The number of thiophene rings is 1. The molecule has 2 amide bonds. The fourth-order valence-electron chi connectivity index (χ4n) is 6.39. The van der Waals surface area contributed by atoms with Crippen molar-refractivity contribution >= 4 is 40.3 Å². The van der Waals surface area contributed by atoms with Crippen LogP contribution in [-0.4, -0.2) is 57.8 Å². The summed E-state index contributed by atoms with van der Waals surface area (Å²) in [6, 6.07) is 15.1. The van der Waals surface area contributed by atoms with Crippen LogP contribution in [-0.2, 0) is 24.7 Å². The molecule has 0 unspecified atom stereocenters. The van der Waals surface area contributed by atoms with E-state index in [1.807, 2.05) is 67.4 Å². The number of carbonyl (C=O) groups excluding carboxylic acids is 2. The van der Waals surface area contributed by atoms with Crippen molar-refractivity contribution < 1.29 is 9.59 Å². The number of aryl methyl sites for hydroxylation is 3. The molecule has 2 aromatic carbocycles. The molecule has 1 aliphatic carbocycles. The summed E-state index contributed by atoms with van der Waals surface area (Å²) in [6.45, 7) is 6.46. The van der Waals surface area contributed by atoms with Gasteiger partial charge in [-0.3, -0.25) is 19.3 Å². The standard InChI is InChI=1S/C36H42N6O3S/c1-5-6-18-42-20-19-40(3)32(35(42)44)24-14-16-26(17-15-24)37-33-36(45)41(4)22-29(38-33)27-11-9-12-28(23(27)2)39-34(43)31-21-25-10-7-8-13-30(25)46-31/h9,11-12,14-17,21-22,32H,5-8,10,13,18-20H2,1-4H3,(H,37,38)(H,39,43)/t32-/m1/s1. The van der Waals surface area contributed by atoms with Crippen molar-refractivity contribution in [3.63, 3.8) is 0 Å². The molecule has 2 aromatic heterocycles. The van der Waals surface area contributed by atoms with E-state index in [1.54, 1.807) is 24.6 Å². The van der Waals surface area contributed by atoms with Crippen LogP contribution in [0, 0.1) is 6.92 Å². The molecule has 0 bridgehead atoms. The van der Waals surface area contributed by atoms with Gasteiger partial charge in [0, 0.05) is 54.7 Å². The minimum absolute atomic E-state index is 0.103. The van der Waals surface area contributed by atoms with Crippen molar-refractivity contribution in [3.05, 3.63) is 91.5 Å². The number of carbonyl (C=O) groups is 2. The van der Waals surface area contributed by atoms with Gasteiger partial charge in [-0.1, -0.05) is 37.6 Å². The van der Waals surface area contributed by atoms with Crippen LogP contribution in [0.25, 0.3) is 11.3 Å². The predicted molar refractivity (Wildman–Crippen MR) is 185 cm³/mol. The number of amides is 2. The van der Waals surface area contributed by atoms with Gasteiger partial charge in [0.25, 0.3) is 11.5 Å². The topological polar surface area (TPSA) is 99.6 Å². The molecular weight excluding hydrogens is 597 g/mol. The Balaban J connectivity index is 1.21. The van der Waals surface area contributed by atoms with E-state index in [0.29, 0.717) is 17.1 Å². The van der Waals surface area contributed by atoms with Crippen molar-refractivity contribution in [2.24, 2.45) is 7.05 Å². The number of likely N-dealkylation sites (N-methyl/N-ethyl adjacent to an activating group) is 1. The van der Waals surface area contributed by atoms with Crippen LogP contribution in [0.2, 0.25) is 0 Å². The van der Waals surface area contributed by atoms with Gasteiger partial charge < -0.3 is 20.1 Å². The molecule has 3 heterocycles. The van der Waals surface area contributed by atoms with Gasteiger partial charge in [0.15, 0.2) is 5.82 Å². The number of aromatic nitrogens is 2. The Bertz CT molecular complexity index is 1790. The summed E-state index contributed by atoms with van der Waals surface area (Å²) in [5, 5.41) is 6.31. The highest BCUT2D eigenvalue weighted by Crippen LogP contribution is 2.32. The molecule has 240 valence electrons. The van der Waals surface area contributed by atoms with Gasteiger partial charge in [0.1, 0.15) is 6.04 Å². The maximum atomic E-state index is 13.3. The van der Waals surface area contributed by atoms with E-state index in [0.717, 1.165) is 66.9 Å². The van der Waals surface area contributed by atoms with Crippen LogP contribution in [0.3, 0.4) is 0 Å². The molecule has 1 fully saturated rings. The monoisotopic (exact) mass is 638 g/mol. The first kappa shape index (κ1) is 31.7. The van der Waals surface area contributed by atoms with E-state index < -0.39 is 0 Å². The molecule has 10 heteroatoms. The smallest absolute Gasteiger partial charge is 0.293 e. The fraction of sp³-hybridized carbons (Fsp3) is 0.389. The van der Waals surface area contributed by atoms with Crippen LogP contribution < -0.4 is 16.2 Å². The summed E-state index contributed by atoms with van der Waals surface area (Å²) in [5.41, 5.74) is 5.69. The van der Waals surface area contributed by atoms with Crippen LogP contribution in [0.1, 0.15) is 69.9 Å². The maximum Gasteiger partial charge on any atom is 0.293 e. The SMILES string of the molecule is CCCCN1CCN(C)[C@H](c2ccc(Nc3nc(-c4cccc(NC(=O)c5cc6c(s5)CCCC6)c4C)cn(C)c3=O)cc2)C1=O. The van der Waals surface area contributed by atoms with Crippen LogP contribution in [0.15, 0.2) is 59.5 Å². The lowest BCUT2D eigenvalue weighted by molar-refractivity contribution is -0.141. The lowest BCUT2D eigenvalue weighted by Gasteiger charge is -2.39. The van der Waals surface area contributed by atoms with Gasteiger partial charge in [-0.05, 0) is 87.0 Å². The number of nitrogens with zero attached hydrogens (tertiary/aromatic N) is 4. The van der Waals surface area contributed by atoms with E-state index in [1.165, 1.54) is 27.8 Å². The summed E-state index contributed by atoms with van der Waals surface area (Å²) in [4.78, 5) is 50.5. The van der Waals surface area contributed by atoms with Crippen molar-refractivity contribution in [2.75, 3.05) is 37.3 Å². The van der Waals surface area contributed by atoms with Crippen molar-refractivity contribution in [1.29, 1.82) is 0 Å². The van der Waals surface area contributed by atoms with Gasteiger partial charge in [-0.25, -0.2) is 4.98 Å². The Morgan fingerprint density at radius 1 is 1.04 bits per heavy atom. The van der Waals surface area contributed by atoms with Crippen molar-refractivity contribution in [3.8, 4) is 11.3 Å². The molecule has 9 nitrogen and oxygen atoms in total. The summed E-state index contributed by atoms with van der Waals surface area (Å²) in [7, 11) is 3.69. The molecule has 2 aliphatic rings. The average molecular weight is 639 g/mol. The first-order chi connectivity index (χ1) is 22.2. The number of anilines is 3. The molecule has 1 aliphatic heterocycles. The number of unbranched alkanes of at least 4 members (excludes halogenated alkanes) is 1. The molecule has 1 atom stereocenters. The number of hydrogen-bond donors (Lipinski definition) is 2. The zero-order valence-corrected chi connectivity index (χ0v) is 27.9. The van der Waals surface area contributed by atoms with E-state index >= 15 is 0 Å². The molecule has 1 saturated heterocycles. The molecule has 0 radical (unpaired) electrons. The van der Waals surface area contributed by atoms with Crippen LogP contribution in [0.5, 0.6) is 0 Å². The van der Waals surface area contributed by atoms with Crippen molar-refractivity contribution in [2.45, 2.75) is 58.4 Å². The maximum absolute atomic E-state index is 13.3. The third kappa shape index (κ3) is 6.50. The van der Waals surface area contributed by atoms with E-state index in [-0.39, 0.29) is 29.2 Å². The predicted octanol–water partition coefficient (Wildman–Crippen LogP) is 6.31. The van der Waals surface area contributed by atoms with E-state index in [4.69, 9.17) is 4.98 Å². The minimum Gasteiger partial charge on any atom is -0.340 e. The number of rotatable bonds is 9. The Kier molecular flexibility index (Phi) is 9.37. The lowest BCUT2D eigenvalue weighted by Crippen LogP contribution is -2.50. The summed E-state index contributed by atoms with van der Waals surface area (Å²) < 4.78 is 1.51. The van der Waals surface area contributed by atoms with Gasteiger partial charge in [-0.2, -0.15) is 0 Å². The minimum atomic E-state index is -0.324. The van der Waals surface area contributed by atoms with E-state index in [9.17, 15) is 14.4 Å². The number of nitrogens with one attached hydrogen (secondary N) is 2. The first-order valence-electron chi connectivity index (χ1n) is 16.2. The summed E-state index contributed by atoms with van der Waals surface area (Å²) >= 11 is 1.60. The quantitative estimate of drug-likeness (QED) is 0.223. The Morgan fingerprint density at radius 3 is 2.59 bits per heavy atom. The third-order valence-electron chi connectivity index (χ3n) is 9.13. The van der Waals surface area contributed by atoms with Crippen LogP contribution in [0.4, 0.5) is 17.2 Å². The largest absolute Gasteiger partial charge is 0.340 e. The molecule has 6 rings (SSSR count). The second-order valence-electron chi connectivity index (χ2n) is 12.4. The third-order valence-corrected chi connectivity index (χ3v) is 10.4. The molecule has 4 aromatic rings. The molecule has 46 heavy (non-hydrogen) atoms. The van der Waals surface area contributed by atoms with Gasteiger partial charge in [0.05, 0.1) is 10.6 Å². The molecule has 0 saturated carbocycles. The highest BCUT2D eigenvalue weighted by atomic mass is 32.1. The van der Waals surface area contributed by atoms with E-state index in [2.05, 4.69) is 22.5 Å². The Morgan fingerprint density at radius 2 is 1.83 bits per heavy atom. The first-order valence-corrected chi connectivity index (χ1v) is 17.0. The Hall–Kier alpha value is -4.28. The molecule has 0 spiro atoms. The Labute approximate surface area is 274 Å². The molecular formula is C36H42N6O3S. The lowest BCUT2D eigenvalue weighted by atomic mass is 9.99. The highest BCUT2D eigenvalue weighted by Gasteiger charge is 2.33. The second kappa shape index (κ2) is 13.6. The summed E-state index contributed by atoms with van der Waals surface area (Å²) in [6.07, 6.45) is 8.23. The van der Waals surface area contributed by atoms with Crippen molar-refractivity contribution in [1.82, 2.24) is 19.4 Å². The summed E-state index contributed by atoms with van der Waals surface area (Å²) in [5.74, 6) is 0.227. The highest BCUT2D eigenvalue weighted by molar-refractivity contribution is 7.14. The van der Waals surface area contributed by atoms with Gasteiger partial charge in [0.2, 0.25) is 5.91 Å². The normalized spacial score (nSPS) is 16.7. The average Bonchev–Trinajstić information content (AvgIpc) is 3.49. The zero-order valence-electron chi connectivity index (χ0n) is 27.1. The number of piperazine rings is 1. The molecule has 2 N–H and O–H groups in total.